The molecule has 28 heavy (non-hydrogen) atoms. The molecule has 2 aromatic heterocycles. The first-order chi connectivity index (χ1) is 13.6. The number of hydrogen-bond donors (Lipinski definition) is 0. The Morgan fingerprint density at radius 2 is 1.75 bits per heavy atom. The standard InChI is InChI=1S/C23H27N3O2/c1-4-19-7-9-20(10-8-19)15-26(16-21-6-5-13-24-14-21)23(27)12-11-22-17(2)25-28-18(22)3/h5-10,13-14H,4,11-12,15-16H2,1-3H3. The van der Waals surface area contributed by atoms with Crippen LogP contribution < -0.4 is 0 Å². The molecule has 0 saturated carbocycles. The van der Waals surface area contributed by atoms with Crippen molar-refractivity contribution in [2.24, 2.45) is 0 Å². The van der Waals surface area contributed by atoms with Crippen molar-refractivity contribution < 1.29 is 9.32 Å². The molecule has 0 saturated heterocycles. The molecule has 0 bridgehead atoms. The molecule has 5 nitrogen and oxygen atoms in total. The molecule has 0 aliphatic rings. The lowest BCUT2D eigenvalue weighted by atomic mass is 10.1. The molecule has 5 heteroatoms. The van der Waals surface area contributed by atoms with Crippen molar-refractivity contribution in [1.29, 1.82) is 0 Å². The predicted molar refractivity (Wildman–Crippen MR) is 109 cm³/mol. The average molecular weight is 377 g/mol. The number of hydrogen-bond acceptors (Lipinski definition) is 4. The average Bonchev–Trinajstić information content (AvgIpc) is 3.04. The fourth-order valence-corrected chi connectivity index (χ4v) is 3.29. The Morgan fingerprint density at radius 1 is 1.04 bits per heavy atom. The van der Waals surface area contributed by atoms with Gasteiger partial charge >= 0.3 is 0 Å². The quantitative estimate of drug-likeness (QED) is 0.583. The first kappa shape index (κ1) is 19.8. The van der Waals surface area contributed by atoms with Gasteiger partial charge in [-0.1, -0.05) is 42.4 Å². The minimum absolute atomic E-state index is 0.114. The number of nitrogens with zero attached hydrogens (tertiary/aromatic N) is 3. The maximum Gasteiger partial charge on any atom is 0.223 e. The lowest BCUT2D eigenvalue weighted by Gasteiger charge is -2.23. The summed E-state index contributed by atoms with van der Waals surface area (Å²) in [5.41, 5.74) is 5.35. The number of benzene rings is 1. The Balaban J connectivity index is 1.73. The van der Waals surface area contributed by atoms with Crippen molar-refractivity contribution in [3.8, 4) is 0 Å². The van der Waals surface area contributed by atoms with Gasteiger partial charge in [0.2, 0.25) is 5.91 Å². The van der Waals surface area contributed by atoms with E-state index >= 15 is 0 Å². The van der Waals surface area contributed by atoms with E-state index in [-0.39, 0.29) is 5.91 Å². The predicted octanol–water partition coefficient (Wildman–Crippen LogP) is 4.41. The Kier molecular flexibility index (Phi) is 6.58. The van der Waals surface area contributed by atoms with E-state index in [1.165, 1.54) is 5.56 Å². The zero-order valence-electron chi connectivity index (χ0n) is 16.8. The maximum absolute atomic E-state index is 13.0. The van der Waals surface area contributed by atoms with Crippen LogP contribution in [0.4, 0.5) is 0 Å². The summed E-state index contributed by atoms with van der Waals surface area (Å²) < 4.78 is 5.22. The minimum atomic E-state index is 0.114. The second-order valence-corrected chi connectivity index (χ2v) is 7.08. The van der Waals surface area contributed by atoms with Gasteiger partial charge in [0.15, 0.2) is 0 Å². The Hall–Kier alpha value is -2.95. The summed E-state index contributed by atoms with van der Waals surface area (Å²) in [6, 6.07) is 12.4. The molecule has 3 rings (SSSR count). The fourth-order valence-electron chi connectivity index (χ4n) is 3.29. The van der Waals surface area contributed by atoms with E-state index in [1.54, 1.807) is 6.20 Å². The van der Waals surface area contributed by atoms with Gasteiger partial charge in [-0.05, 0) is 49.4 Å². The van der Waals surface area contributed by atoms with Crippen LogP contribution in [0.25, 0.3) is 0 Å². The van der Waals surface area contributed by atoms with Crippen LogP contribution >= 0.6 is 0 Å². The van der Waals surface area contributed by atoms with E-state index < -0.39 is 0 Å². The smallest absolute Gasteiger partial charge is 0.223 e. The van der Waals surface area contributed by atoms with Crippen molar-refractivity contribution in [3.63, 3.8) is 0 Å². The number of rotatable bonds is 8. The van der Waals surface area contributed by atoms with Crippen LogP contribution in [0.1, 0.15) is 47.1 Å². The Labute approximate surface area is 166 Å². The molecule has 0 radical (unpaired) electrons. The first-order valence-corrected chi connectivity index (χ1v) is 9.73. The number of pyridine rings is 1. The van der Waals surface area contributed by atoms with Crippen LogP contribution in [0.5, 0.6) is 0 Å². The highest BCUT2D eigenvalue weighted by Crippen LogP contribution is 2.17. The third-order valence-electron chi connectivity index (χ3n) is 5.02. The summed E-state index contributed by atoms with van der Waals surface area (Å²) in [4.78, 5) is 19.1. The normalized spacial score (nSPS) is 10.8. The van der Waals surface area contributed by atoms with Gasteiger partial charge in [0.05, 0.1) is 5.69 Å². The highest BCUT2D eigenvalue weighted by Gasteiger charge is 2.17. The molecule has 0 aliphatic heterocycles. The second kappa shape index (κ2) is 9.31. The summed E-state index contributed by atoms with van der Waals surface area (Å²) in [6.45, 7) is 7.08. The van der Waals surface area contributed by atoms with Crippen LogP contribution in [0.2, 0.25) is 0 Å². The van der Waals surface area contributed by atoms with Gasteiger partial charge in [-0.2, -0.15) is 0 Å². The molecule has 2 heterocycles. The van der Waals surface area contributed by atoms with Gasteiger partial charge in [-0.25, -0.2) is 0 Å². The topological polar surface area (TPSA) is 59.2 Å². The fraction of sp³-hybridized carbons (Fsp3) is 0.348. The SMILES string of the molecule is CCc1ccc(CN(Cc2cccnc2)C(=O)CCc2c(C)noc2C)cc1. The Morgan fingerprint density at radius 3 is 2.36 bits per heavy atom. The molecule has 0 fully saturated rings. The van der Waals surface area contributed by atoms with Gasteiger partial charge in [-0.3, -0.25) is 9.78 Å². The van der Waals surface area contributed by atoms with Crippen LogP contribution in [0.3, 0.4) is 0 Å². The minimum Gasteiger partial charge on any atom is -0.361 e. The monoisotopic (exact) mass is 377 g/mol. The molecule has 1 amide bonds. The third kappa shape index (κ3) is 5.06. The second-order valence-electron chi connectivity index (χ2n) is 7.08. The van der Waals surface area contributed by atoms with E-state index in [4.69, 9.17) is 4.52 Å². The summed E-state index contributed by atoms with van der Waals surface area (Å²) in [6.07, 6.45) is 5.63. The highest BCUT2D eigenvalue weighted by atomic mass is 16.5. The van der Waals surface area contributed by atoms with Crippen molar-refractivity contribution in [3.05, 3.63) is 82.5 Å². The molecule has 0 aliphatic carbocycles. The number of aryl methyl sites for hydroxylation is 3. The molecule has 0 unspecified atom stereocenters. The van der Waals surface area contributed by atoms with E-state index in [9.17, 15) is 4.79 Å². The van der Waals surface area contributed by atoms with Crippen LogP contribution in [-0.2, 0) is 30.7 Å². The zero-order valence-corrected chi connectivity index (χ0v) is 16.8. The van der Waals surface area contributed by atoms with Crippen LogP contribution in [-0.4, -0.2) is 20.9 Å². The molecule has 1 aromatic carbocycles. The molecular formula is C23H27N3O2. The van der Waals surface area contributed by atoms with Gasteiger partial charge in [-0.15, -0.1) is 0 Å². The Bertz CT molecular complexity index is 882. The van der Waals surface area contributed by atoms with Crippen molar-refractivity contribution in [2.75, 3.05) is 0 Å². The van der Waals surface area contributed by atoms with Crippen molar-refractivity contribution >= 4 is 5.91 Å². The molecule has 0 N–H and O–H groups in total. The van der Waals surface area contributed by atoms with Crippen molar-refractivity contribution in [1.82, 2.24) is 15.0 Å². The third-order valence-corrected chi connectivity index (χ3v) is 5.02. The lowest BCUT2D eigenvalue weighted by molar-refractivity contribution is -0.132. The van der Waals surface area contributed by atoms with Gasteiger partial charge < -0.3 is 9.42 Å². The van der Waals surface area contributed by atoms with E-state index in [0.717, 1.165) is 34.6 Å². The summed E-state index contributed by atoms with van der Waals surface area (Å²) >= 11 is 0. The summed E-state index contributed by atoms with van der Waals surface area (Å²) in [5, 5.41) is 3.98. The van der Waals surface area contributed by atoms with E-state index in [1.807, 2.05) is 37.1 Å². The highest BCUT2D eigenvalue weighted by molar-refractivity contribution is 5.76. The van der Waals surface area contributed by atoms with Crippen LogP contribution in [0, 0.1) is 13.8 Å². The summed E-state index contributed by atoms with van der Waals surface area (Å²) in [7, 11) is 0. The van der Waals surface area contributed by atoms with Gasteiger partial charge in [0, 0.05) is 37.5 Å². The van der Waals surface area contributed by atoms with E-state index in [2.05, 4.69) is 41.3 Å². The zero-order chi connectivity index (χ0) is 19.9. The molecular weight excluding hydrogens is 350 g/mol. The number of aromatic nitrogens is 2. The van der Waals surface area contributed by atoms with Crippen LogP contribution in [0.15, 0.2) is 53.3 Å². The number of carbonyl (C=O) groups excluding carboxylic acids is 1. The maximum atomic E-state index is 13.0. The van der Waals surface area contributed by atoms with Crippen molar-refractivity contribution in [2.45, 2.75) is 53.1 Å². The van der Waals surface area contributed by atoms with Gasteiger partial charge in [0.25, 0.3) is 0 Å². The van der Waals surface area contributed by atoms with Gasteiger partial charge in [0.1, 0.15) is 5.76 Å². The number of carbonyl (C=O) groups is 1. The largest absolute Gasteiger partial charge is 0.361 e. The molecule has 146 valence electrons. The molecule has 0 spiro atoms. The molecule has 3 aromatic rings. The summed E-state index contributed by atoms with van der Waals surface area (Å²) in [5.74, 6) is 0.905. The lowest BCUT2D eigenvalue weighted by Crippen LogP contribution is -2.30. The van der Waals surface area contributed by atoms with E-state index in [0.29, 0.717) is 25.9 Å². The number of amides is 1. The first-order valence-electron chi connectivity index (χ1n) is 9.73. The molecule has 0 atom stereocenters.